The summed E-state index contributed by atoms with van der Waals surface area (Å²) in [5, 5.41) is 2.53. The summed E-state index contributed by atoms with van der Waals surface area (Å²) in [6, 6.07) is 13.3. The van der Waals surface area contributed by atoms with Gasteiger partial charge in [-0.25, -0.2) is 0 Å². The molecule has 0 heterocycles. The van der Waals surface area contributed by atoms with Gasteiger partial charge >= 0.3 is 6.18 Å². The van der Waals surface area contributed by atoms with Gasteiger partial charge < -0.3 is 10.1 Å². The summed E-state index contributed by atoms with van der Waals surface area (Å²) < 4.78 is 43.2. The van der Waals surface area contributed by atoms with Crippen LogP contribution in [0.25, 0.3) is 0 Å². The van der Waals surface area contributed by atoms with Crippen LogP contribution in [0.2, 0.25) is 0 Å². The monoisotopic (exact) mass is 295 g/mol. The van der Waals surface area contributed by atoms with Gasteiger partial charge in [0.1, 0.15) is 5.75 Å². The van der Waals surface area contributed by atoms with Crippen LogP contribution in [-0.2, 0) is 11.0 Å². The quantitative estimate of drug-likeness (QED) is 0.933. The number of carbonyl (C=O) groups excluding carboxylic acids is 1. The molecule has 2 rings (SSSR count). The summed E-state index contributed by atoms with van der Waals surface area (Å²) in [6.45, 7) is -0.498. The predicted molar refractivity (Wildman–Crippen MR) is 72.0 cm³/mol. The van der Waals surface area contributed by atoms with Gasteiger partial charge in [-0.1, -0.05) is 30.3 Å². The van der Waals surface area contributed by atoms with E-state index < -0.39 is 24.3 Å². The molecule has 2 aromatic rings. The third-order valence-electron chi connectivity index (χ3n) is 2.61. The molecule has 0 bridgehead atoms. The maximum Gasteiger partial charge on any atom is 0.419 e. The van der Waals surface area contributed by atoms with Gasteiger partial charge in [-0.2, -0.15) is 13.2 Å². The molecule has 0 atom stereocenters. The smallest absolute Gasteiger partial charge is 0.419 e. The summed E-state index contributed by atoms with van der Waals surface area (Å²) >= 11 is 0. The van der Waals surface area contributed by atoms with E-state index in [-0.39, 0.29) is 5.75 Å². The number of benzene rings is 2. The molecular formula is C15H12F3NO2. The van der Waals surface area contributed by atoms with E-state index in [4.69, 9.17) is 4.74 Å². The molecule has 0 saturated heterocycles. The fraction of sp³-hybridized carbons (Fsp3) is 0.133. The average molecular weight is 295 g/mol. The highest BCUT2D eigenvalue weighted by Gasteiger charge is 2.34. The molecule has 1 N–H and O–H groups in total. The predicted octanol–water partition coefficient (Wildman–Crippen LogP) is 3.72. The molecule has 110 valence electrons. The van der Waals surface area contributed by atoms with Crippen molar-refractivity contribution in [2.24, 2.45) is 0 Å². The minimum atomic E-state index is -4.52. The molecule has 6 heteroatoms. The Labute approximate surface area is 119 Å². The lowest BCUT2D eigenvalue weighted by Crippen LogP contribution is -2.21. The highest BCUT2D eigenvalue weighted by molar-refractivity contribution is 5.91. The molecule has 0 radical (unpaired) electrons. The Morgan fingerprint density at radius 3 is 2.29 bits per heavy atom. The number of nitrogens with one attached hydrogen (secondary N) is 1. The fourth-order valence-electron chi connectivity index (χ4n) is 1.69. The van der Waals surface area contributed by atoms with Gasteiger partial charge in [-0.3, -0.25) is 4.79 Å². The van der Waals surface area contributed by atoms with Gasteiger partial charge in [0, 0.05) is 5.69 Å². The standard InChI is InChI=1S/C15H12F3NO2/c16-15(17,18)12-8-4-5-9-13(12)21-10-14(20)19-11-6-2-1-3-7-11/h1-9H,10H2,(H,19,20). The van der Waals surface area contributed by atoms with Crippen molar-refractivity contribution in [2.45, 2.75) is 6.18 Å². The van der Waals surface area contributed by atoms with Crippen LogP contribution in [0.5, 0.6) is 5.75 Å². The summed E-state index contributed by atoms with van der Waals surface area (Å²) in [5.41, 5.74) is -0.354. The second-order valence-electron chi connectivity index (χ2n) is 4.20. The van der Waals surface area contributed by atoms with Crippen LogP contribution in [0.15, 0.2) is 54.6 Å². The van der Waals surface area contributed by atoms with Gasteiger partial charge in [-0.15, -0.1) is 0 Å². The third kappa shape index (κ3) is 4.24. The van der Waals surface area contributed by atoms with Crippen molar-refractivity contribution in [1.29, 1.82) is 0 Å². The zero-order valence-corrected chi connectivity index (χ0v) is 10.9. The lowest BCUT2D eigenvalue weighted by molar-refractivity contribution is -0.139. The first-order valence-corrected chi connectivity index (χ1v) is 6.11. The van der Waals surface area contributed by atoms with Crippen molar-refractivity contribution >= 4 is 11.6 Å². The minimum absolute atomic E-state index is 0.367. The molecule has 21 heavy (non-hydrogen) atoms. The van der Waals surface area contributed by atoms with Crippen LogP contribution in [0.1, 0.15) is 5.56 Å². The zero-order valence-electron chi connectivity index (χ0n) is 10.9. The van der Waals surface area contributed by atoms with Crippen LogP contribution in [0.3, 0.4) is 0 Å². The summed E-state index contributed by atoms with van der Waals surface area (Å²) in [6.07, 6.45) is -4.52. The maximum absolute atomic E-state index is 12.7. The SMILES string of the molecule is O=C(COc1ccccc1C(F)(F)F)Nc1ccccc1. The Morgan fingerprint density at radius 2 is 1.62 bits per heavy atom. The Morgan fingerprint density at radius 1 is 1.00 bits per heavy atom. The third-order valence-corrected chi connectivity index (χ3v) is 2.61. The van der Waals surface area contributed by atoms with Gasteiger partial charge in [0.15, 0.2) is 6.61 Å². The van der Waals surface area contributed by atoms with Gasteiger partial charge in [0.2, 0.25) is 0 Å². The number of hydrogen-bond donors (Lipinski definition) is 1. The maximum atomic E-state index is 12.7. The number of carbonyl (C=O) groups is 1. The first-order valence-electron chi connectivity index (χ1n) is 6.11. The number of anilines is 1. The first kappa shape index (κ1) is 14.9. The molecule has 0 aliphatic carbocycles. The van der Waals surface area contributed by atoms with Crippen molar-refractivity contribution in [2.75, 3.05) is 11.9 Å². The van der Waals surface area contributed by atoms with E-state index in [1.165, 1.54) is 18.2 Å². The molecule has 2 aromatic carbocycles. The highest BCUT2D eigenvalue weighted by atomic mass is 19.4. The second-order valence-corrected chi connectivity index (χ2v) is 4.20. The summed E-state index contributed by atoms with van der Waals surface area (Å²) in [5.74, 6) is -0.897. The second kappa shape index (κ2) is 6.30. The molecule has 3 nitrogen and oxygen atoms in total. The van der Waals surface area contributed by atoms with E-state index in [1.807, 2.05) is 0 Å². The van der Waals surface area contributed by atoms with Crippen LogP contribution >= 0.6 is 0 Å². The Kier molecular flexibility index (Phi) is 4.47. The molecule has 0 spiro atoms. The van der Waals surface area contributed by atoms with E-state index in [9.17, 15) is 18.0 Å². The molecule has 0 fully saturated rings. The molecule has 0 saturated carbocycles. The Bertz CT molecular complexity index is 612. The van der Waals surface area contributed by atoms with Crippen molar-refractivity contribution in [3.05, 3.63) is 60.2 Å². The lowest BCUT2D eigenvalue weighted by Gasteiger charge is -2.13. The Balaban J connectivity index is 1.99. The minimum Gasteiger partial charge on any atom is -0.483 e. The largest absolute Gasteiger partial charge is 0.483 e. The first-order chi connectivity index (χ1) is 9.97. The number of rotatable bonds is 4. The molecule has 0 unspecified atom stereocenters. The molecular weight excluding hydrogens is 283 g/mol. The van der Waals surface area contributed by atoms with Gasteiger partial charge in [-0.05, 0) is 24.3 Å². The number of para-hydroxylation sites is 2. The van der Waals surface area contributed by atoms with Crippen LogP contribution in [-0.4, -0.2) is 12.5 Å². The number of ether oxygens (including phenoxy) is 1. The average Bonchev–Trinajstić information content (AvgIpc) is 2.45. The molecule has 0 aliphatic rings. The van der Waals surface area contributed by atoms with E-state index in [2.05, 4.69) is 5.32 Å². The molecule has 1 amide bonds. The van der Waals surface area contributed by atoms with Crippen molar-refractivity contribution in [3.63, 3.8) is 0 Å². The topological polar surface area (TPSA) is 38.3 Å². The van der Waals surface area contributed by atoms with E-state index >= 15 is 0 Å². The number of alkyl halides is 3. The lowest BCUT2D eigenvalue weighted by atomic mass is 10.2. The highest BCUT2D eigenvalue weighted by Crippen LogP contribution is 2.35. The van der Waals surface area contributed by atoms with Crippen molar-refractivity contribution in [1.82, 2.24) is 0 Å². The van der Waals surface area contributed by atoms with E-state index in [1.54, 1.807) is 30.3 Å². The summed E-state index contributed by atoms with van der Waals surface area (Å²) in [4.78, 5) is 11.6. The van der Waals surface area contributed by atoms with E-state index in [0.717, 1.165) is 6.07 Å². The molecule has 0 aromatic heterocycles. The van der Waals surface area contributed by atoms with Crippen LogP contribution < -0.4 is 10.1 Å². The van der Waals surface area contributed by atoms with E-state index in [0.29, 0.717) is 5.69 Å². The van der Waals surface area contributed by atoms with Gasteiger partial charge in [0.05, 0.1) is 5.56 Å². The normalized spacial score (nSPS) is 11.0. The number of hydrogen-bond acceptors (Lipinski definition) is 2. The molecule has 0 aliphatic heterocycles. The summed E-state index contributed by atoms with van der Waals surface area (Å²) in [7, 11) is 0. The number of amides is 1. The van der Waals surface area contributed by atoms with Crippen LogP contribution in [0, 0.1) is 0 Å². The fourth-order valence-corrected chi connectivity index (χ4v) is 1.69. The van der Waals surface area contributed by atoms with Crippen LogP contribution in [0.4, 0.5) is 18.9 Å². The van der Waals surface area contributed by atoms with Crippen molar-refractivity contribution in [3.8, 4) is 5.75 Å². The Hall–Kier alpha value is -2.50. The van der Waals surface area contributed by atoms with Gasteiger partial charge in [0.25, 0.3) is 5.91 Å². The number of halogens is 3. The zero-order chi connectivity index (χ0) is 15.3. The van der Waals surface area contributed by atoms with Crippen molar-refractivity contribution < 1.29 is 22.7 Å².